The van der Waals surface area contributed by atoms with Crippen molar-refractivity contribution in [3.63, 3.8) is 0 Å². The molecule has 1 aromatic carbocycles. The van der Waals surface area contributed by atoms with Gasteiger partial charge in [0.15, 0.2) is 0 Å². The van der Waals surface area contributed by atoms with Gasteiger partial charge in [0.1, 0.15) is 10.8 Å². The smallest absolute Gasteiger partial charge is 0.139 e. The minimum Gasteiger partial charge on any atom is -0.353 e. The molecule has 1 atom stereocenters. The minimum atomic E-state index is 0. The number of benzene rings is 1. The van der Waals surface area contributed by atoms with Gasteiger partial charge in [-0.05, 0) is 67.4 Å². The SMILES string of the molecule is Cc1cc2c(s1)Nc1ccccc1N=C2N1CCN(C)[C@@H](CCc2ccsc2)C1.Cl.Cl. The van der Waals surface area contributed by atoms with Crippen molar-refractivity contribution in [3.05, 3.63) is 63.2 Å². The fourth-order valence-corrected chi connectivity index (χ4v) is 5.83. The molecule has 2 aliphatic heterocycles. The standard InChI is InChI=1S/C23H26N4S2.2ClH/c1-16-13-19-22(24-20-5-3-4-6-21(20)25-23(19)29-16)27-11-10-26(2)18(14-27)8-7-17-9-12-28-15-17;;/h3-6,9,12-13,15,18,25H,7-8,10-11,14H2,1-2H3;2*1H/t18-;;/m0../s1. The molecule has 0 radical (unpaired) electrons. The summed E-state index contributed by atoms with van der Waals surface area (Å²) in [5, 5.41) is 9.29. The van der Waals surface area contributed by atoms with Crippen LogP contribution in [0.25, 0.3) is 0 Å². The van der Waals surface area contributed by atoms with Gasteiger partial charge in [-0.15, -0.1) is 36.2 Å². The van der Waals surface area contributed by atoms with Crippen LogP contribution in [0.2, 0.25) is 0 Å². The maximum atomic E-state index is 5.16. The maximum absolute atomic E-state index is 5.16. The molecule has 0 unspecified atom stereocenters. The number of rotatable bonds is 3. The minimum absolute atomic E-state index is 0. The fourth-order valence-electron chi connectivity index (χ4n) is 4.21. The first kappa shape index (κ1) is 24.1. The van der Waals surface area contributed by atoms with Crippen molar-refractivity contribution < 1.29 is 0 Å². The number of fused-ring (bicyclic) bond motifs is 2. The number of anilines is 2. The molecule has 1 fully saturated rings. The van der Waals surface area contributed by atoms with Gasteiger partial charge in [-0.1, -0.05) is 12.1 Å². The highest BCUT2D eigenvalue weighted by atomic mass is 35.5. The van der Waals surface area contributed by atoms with Crippen LogP contribution in [0.5, 0.6) is 0 Å². The van der Waals surface area contributed by atoms with Gasteiger partial charge < -0.3 is 10.2 Å². The van der Waals surface area contributed by atoms with E-state index in [0.29, 0.717) is 6.04 Å². The number of hydrogen-bond donors (Lipinski definition) is 1. The fraction of sp³-hybridized carbons (Fsp3) is 0.348. The lowest BCUT2D eigenvalue weighted by Gasteiger charge is -2.41. The summed E-state index contributed by atoms with van der Waals surface area (Å²) in [4.78, 5) is 11.5. The van der Waals surface area contributed by atoms with Gasteiger partial charge in [0.2, 0.25) is 0 Å². The number of thiophene rings is 2. The zero-order valence-corrected chi connectivity index (χ0v) is 21.0. The Bertz CT molecular complexity index is 1030. The van der Waals surface area contributed by atoms with E-state index < -0.39 is 0 Å². The van der Waals surface area contributed by atoms with Gasteiger partial charge in [0.25, 0.3) is 0 Å². The first-order chi connectivity index (χ1) is 14.2. The maximum Gasteiger partial charge on any atom is 0.139 e. The molecule has 2 aliphatic rings. The number of amidine groups is 1. The third kappa shape index (κ3) is 5.10. The number of para-hydroxylation sites is 2. The first-order valence-corrected chi connectivity index (χ1v) is 11.9. The van der Waals surface area contributed by atoms with E-state index in [0.717, 1.165) is 43.3 Å². The number of piperazine rings is 1. The number of aryl methyl sites for hydroxylation is 2. The average Bonchev–Trinajstić information content (AvgIpc) is 3.33. The highest BCUT2D eigenvalue weighted by Gasteiger charge is 2.29. The summed E-state index contributed by atoms with van der Waals surface area (Å²) < 4.78 is 0. The third-order valence-electron chi connectivity index (χ3n) is 5.90. The van der Waals surface area contributed by atoms with E-state index in [-0.39, 0.29) is 24.8 Å². The molecule has 8 heteroatoms. The van der Waals surface area contributed by atoms with Crippen molar-refractivity contribution >= 4 is 69.7 Å². The van der Waals surface area contributed by atoms with Crippen LogP contribution in [0.15, 0.2) is 52.2 Å². The second-order valence-electron chi connectivity index (χ2n) is 7.93. The zero-order valence-electron chi connectivity index (χ0n) is 17.7. The van der Waals surface area contributed by atoms with Crippen LogP contribution in [-0.4, -0.2) is 48.4 Å². The van der Waals surface area contributed by atoms with Crippen molar-refractivity contribution in [2.45, 2.75) is 25.8 Å². The van der Waals surface area contributed by atoms with Crippen molar-refractivity contribution in [3.8, 4) is 0 Å². The first-order valence-electron chi connectivity index (χ1n) is 10.2. The number of likely N-dealkylation sites (N-methyl/N-ethyl adjacent to an activating group) is 1. The average molecular weight is 496 g/mol. The second kappa shape index (κ2) is 10.4. The Morgan fingerprint density at radius 3 is 2.81 bits per heavy atom. The van der Waals surface area contributed by atoms with Crippen LogP contribution in [0, 0.1) is 6.92 Å². The summed E-state index contributed by atoms with van der Waals surface area (Å²) in [5.74, 6) is 1.12. The molecule has 4 heterocycles. The number of hydrogen-bond acceptors (Lipinski definition) is 6. The molecule has 1 saturated heterocycles. The molecular formula is C23H28Cl2N4S2. The largest absolute Gasteiger partial charge is 0.353 e. The van der Waals surface area contributed by atoms with Crippen LogP contribution in [-0.2, 0) is 6.42 Å². The molecule has 1 N–H and O–H groups in total. The Balaban J connectivity index is 0.00000136. The van der Waals surface area contributed by atoms with Gasteiger partial charge in [0, 0.05) is 30.6 Å². The van der Waals surface area contributed by atoms with E-state index >= 15 is 0 Å². The quantitative estimate of drug-likeness (QED) is 0.460. The van der Waals surface area contributed by atoms with Crippen LogP contribution in [0.1, 0.15) is 22.4 Å². The highest BCUT2D eigenvalue weighted by molar-refractivity contribution is 7.16. The summed E-state index contributed by atoms with van der Waals surface area (Å²) in [7, 11) is 2.27. The molecular weight excluding hydrogens is 467 g/mol. The third-order valence-corrected chi connectivity index (χ3v) is 7.60. The van der Waals surface area contributed by atoms with Crippen LogP contribution < -0.4 is 5.32 Å². The van der Waals surface area contributed by atoms with Gasteiger partial charge in [-0.3, -0.25) is 4.90 Å². The molecule has 2 aromatic heterocycles. The number of halogens is 2. The van der Waals surface area contributed by atoms with Gasteiger partial charge in [0.05, 0.1) is 16.9 Å². The van der Waals surface area contributed by atoms with Crippen molar-refractivity contribution in [1.29, 1.82) is 0 Å². The lowest BCUT2D eigenvalue weighted by atomic mass is 10.0. The van der Waals surface area contributed by atoms with E-state index in [1.165, 1.54) is 27.4 Å². The summed E-state index contributed by atoms with van der Waals surface area (Å²) in [6, 6.07) is 13.5. The Hall–Kier alpha value is -1.57. The van der Waals surface area contributed by atoms with E-state index in [1.807, 2.05) is 11.3 Å². The predicted molar refractivity (Wildman–Crippen MR) is 140 cm³/mol. The van der Waals surface area contributed by atoms with Crippen LogP contribution in [0.4, 0.5) is 16.4 Å². The molecule has 166 valence electrons. The van der Waals surface area contributed by atoms with Gasteiger partial charge in [-0.25, -0.2) is 4.99 Å². The summed E-state index contributed by atoms with van der Waals surface area (Å²) in [5.41, 5.74) is 4.82. The summed E-state index contributed by atoms with van der Waals surface area (Å²) in [6.45, 7) is 5.29. The summed E-state index contributed by atoms with van der Waals surface area (Å²) >= 11 is 3.61. The predicted octanol–water partition coefficient (Wildman–Crippen LogP) is 6.35. The molecule has 0 aliphatic carbocycles. The second-order valence-corrected chi connectivity index (χ2v) is 9.96. The Labute approximate surface area is 204 Å². The van der Waals surface area contributed by atoms with E-state index in [4.69, 9.17) is 4.99 Å². The normalized spacial score (nSPS) is 17.9. The van der Waals surface area contributed by atoms with E-state index in [2.05, 4.69) is 76.2 Å². The zero-order chi connectivity index (χ0) is 19.8. The van der Waals surface area contributed by atoms with Gasteiger partial charge >= 0.3 is 0 Å². The van der Waals surface area contributed by atoms with Crippen molar-refractivity contribution in [2.24, 2.45) is 4.99 Å². The molecule has 0 bridgehead atoms. The lowest BCUT2D eigenvalue weighted by molar-refractivity contribution is 0.134. The highest BCUT2D eigenvalue weighted by Crippen LogP contribution is 2.39. The molecule has 0 amide bonds. The molecule has 0 saturated carbocycles. The Morgan fingerprint density at radius 2 is 2.00 bits per heavy atom. The molecule has 0 spiro atoms. The molecule has 4 nitrogen and oxygen atoms in total. The number of aliphatic imine (C=N–C) groups is 1. The number of nitrogens with one attached hydrogen (secondary N) is 1. The topological polar surface area (TPSA) is 30.9 Å². The van der Waals surface area contributed by atoms with Crippen LogP contribution in [0.3, 0.4) is 0 Å². The van der Waals surface area contributed by atoms with E-state index in [1.54, 1.807) is 11.3 Å². The molecule has 31 heavy (non-hydrogen) atoms. The Morgan fingerprint density at radius 1 is 1.16 bits per heavy atom. The summed E-state index contributed by atoms with van der Waals surface area (Å²) in [6.07, 6.45) is 2.33. The Kier molecular flexibility index (Phi) is 8.05. The lowest BCUT2D eigenvalue weighted by Crippen LogP contribution is -2.53. The molecule has 3 aromatic rings. The van der Waals surface area contributed by atoms with Crippen molar-refractivity contribution in [1.82, 2.24) is 9.80 Å². The van der Waals surface area contributed by atoms with Crippen molar-refractivity contribution in [2.75, 3.05) is 32.0 Å². The van der Waals surface area contributed by atoms with Gasteiger partial charge in [-0.2, -0.15) is 11.3 Å². The monoisotopic (exact) mass is 494 g/mol. The van der Waals surface area contributed by atoms with E-state index in [9.17, 15) is 0 Å². The van der Waals surface area contributed by atoms with Crippen LogP contribution >= 0.6 is 47.5 Å². The number of nitrogens with zero attached hydrogens (tertiary/aromatic N) is 3. The molecule has 5 rings (SSSR count).